The Balaban J connectivity index is 1.93. The SMILES string of the molecule is CC(C)C(C)n1cc(-c2cc(N3CCCC3=O)n(C)n2)c2[nH]nc(N)c2c1=O. The number of aromatic amines is 1. The smallest absolute Gasteiger partial charge is 0.264 e. The predicted molar refractivity (Wildman–Crippen MR) is 108 cm³/mol. The Labute approximate surface area is 162 Å². The number of carbonyl (C=O) groups excluding carboxylic acids is 1. The number of nitrogens with zero attached hydrogens (tertiary/aromatic N) is 5. The minimum Gasteiger partial charge on any atom is -0.382 e. The maximum Gasteiger partial charge on any atom is 0.264 e. The summed E-state index contributed by atoms with van der Waals surface area (Å²) in [6, 6.07) is 1.86. The second-order valence-electron chi connectivity index (χ2n) is 7.76. The number of nitrogen functional groups attached to an aromatic ring is 1. The van der Waals surface area contributed by atoms with Gasteiger partial charge in [0.1, 0.15) is 11.2 Å². The first-order valence-corrected chi connectivity index (χ1v) is 9.53. The summed E-state index contributed by atoms with van der Waals surface area (Å²) in [5, 5.41) is 11.9. The molecule has 1 aliphatic rings. The molecule has 1 aliphatic heterocycles. The van der Waals surface area contributed by atoms with E-state index in [1.54, 1.807) is 14.1 Å². The molecule has 1 saturated heterocycles. The van der Waals surface area contributed by atoms with Gasteiger partial charge in [0.15, 0.2) is 5.82 Å². The van der Waals surface area contributed by atoms with Crippen molar-refractivity contribution in [3.63, 3.8) is 0 Å². The molecule has 0 bridgehead atoms. The van der Waals surface area contributed by atoms with Crippen molar-refractivity contribution in [2.75, 3.05) is 17.2 Å². The van der Waals surface area contributed by atoms with Crippen LogP contribution in [0.15, 0.2) is 17.1 Å². The number of anilines is 2. The first kappa shape index (κ1) is 18.3. The topological polar surface area (TPSA) is 115 Å². The van der Waals surface area contributed by atoms with E-state index in [2.05, 4.69) is 29.1 Å². The predicted octanol–water partition coefficient (Wildman–Crippen LogP) is 2.05. The zero-order valence-corrected chi connectivity index (χ0v) is 16.6. The van der Waals surface area contributed by atoms with Crippen LogP contribution in [0.1, 0.15) is 39.7 Å². The molecule has 1 fully saturated rings. The van der Waals surface area contributed by atoms with E-state index in [0.29, 0.717) is 29.6 Å². The van der Waals surface area contributed by atoms with Crippen LogP contribution < -0.4 is 16.2 Å². The lowest BCUT2D eigenvalue weighted by atomic mass is 10.0. The average molecular weight is 383 g/mol. The molecule has 9 heteroatoms. The minimum absolute atomic E-state index is 0.0201. The van der Waals surface area contributed by atoms with Gasteiger partial charge in [-0.2, -0.15) is 10.2 Å². The molecule has 0 aliphatic carbocycles. The molecule has 0 radical (unpaired) electrons. The van der Waals surface area contributed by atoms with Crippen molar-refractivity contribution in [1.29, 1.82) is 0 Å². The zero-order valence-electron chi connectivity index (χ0n) is 16.6. The second-order valence-corrected chi connectivity index (χ2v) is 7.76. The number of amides is 1. The molecule has 9 nitrogen and oxygen atoms in total. The highest BCUT2D eigenvalue weighted by Gasteiger charge is 2.26. The number of aryl methyl sites for hydroxylation is 1. The molecule has 3 aromatic heterocycles. The number of rotatable bonds is 4. The Morgan fingerprint density at radius 2 is 2.00 bits per heavy atom. The summed E-state index contributed by atoms with van der Waals surface area (Å²) in [6.07, 6.45) is 3.21. The van der Waals surface area contributed by atoms with E-state index in [9.17, 15) is 9.59 Å². The minimum atomic E-state index is -0.169. The van der Waals surface area contributed by atoms with Crippen molar-refractivity contribution in [1.82, 2.24) is 24.5 Å². The van der Waals surface area contributed by atoms with Crippen molar-refractivity contribution in [2.45, 2.75) is 39.7 Å². The van der Waals surface area contributed by atoms with E-state index in [-0.39, 0.29) is 29.2 Å². The molecule has 0 spiro atoms. The van der Waals surface area contributed by atoms with Crippen molar-refractivity contribution >= 4 is 28.4 Å². The summed E-state index contributed by atoms with van der Waals surface area (Å²) >= 11 is 0. The number of hydrogen-bond donors (Lipinski definition) is 2. The fraction of sp³-hybridized carbons (Fsp3) is 0.474. The molecule has 1 unspecified atom stereocenters. The van der Waals surface area contributed by atoms with Crippen LogP contribution in [-0.2, 0) is 11.8 Å². The Morgan fingerprint density at radius 1 is 1.25 bits per heavy atom. The van der Waals surface area contributed by atoms with E-state index >= 15 is 0 Å². The van der Waals surface area contributed by atoms with Crippen molar-refractivity contribution in [2.24, 2.45) is 13.0 Å². The van der Waals surface area contributed by atoms with Crippen LogP contribution >= 0.6 is 0 Å². The van der Waals surface area contributed by atoms with Gasteiger partial charge in [0.05, 0.1) is 11.2 Å². The molecule has 4 heterocycles. The number of nitrogens with one attached hydrogen (secondary N) is 1. The van der Waals surface area contributed by atoms with Gasteiger partial charge in [-0.15, -0.1) is 0 Å². The van der Waals surface area contributed by atoms with E-state index in [0.717, 1.165) is 17.8 Å². The van der Waals surface area contributed by atoms with Gasteiger partial charge in [-0.25, -0.2) is 0 Å². The summed E-state index contributed by atoms with van der Waals surface area (Å²) in [4.78, 5) is 26.9. The standard InChI is InChI=1S/C19H25N7O2/c1-10(2)11(3)26-9-12(17-16(19(26)28)18(20)22-21-17)13-8-14(24(4)23-13)25-7-5-6-15(25)27/h8-11H,5-7H2,1-4H3,(H3,20,21,22). The first-order valence-electron chi connectivity index (χ1n) is 9.53. The molecule has 1 atom stereocenters. The number of hydrogen-bond acceptors (Lipinski definition) is 5. The van der Waals surface area contributed by atoms with Crippen molar-refractivity contribution < 1.29 is 4.79 Å². The van der Waals surface area contributed by atoms with Crippen molar-refractivity contribution in [3.8, 4) is 11.3 Å². The van der Waals surface area contributed by atoms with Crippen LogP contribution in [0, 0.1) is 5.92 Å². The lowest BCUT2D eigenvalue weighted by Gasteiger charge is -2.20. The van der Waals surface area contributed by atoms with Gasteiger partial charge in [-0.05, 0) is 19.3 Å². The van der Waals surface area contributed by atoms with Gasteiger partial charge in [0.25, 0.3) is 5.56 Å². The number of fused-ring (bicyclic) bond motifs is 1. The lowest BCUT2D eigenvalue weighted by Crippen LogP contribution is -2.26. The quantitative estimate of drug-likeness (QED) is 0.715. The van der Waals surface area contributed by atoms with Gasteiger partial charge < -0.3 is 10.3 Å². The van der Waals surface area contributed by atoms with Gasteiger partial charge >= 0.3 is 0 Å². The summed E-state index contributed by atoms with van der Waals surface area (Å²) in [5.74, 6) is 1.28. The highest BCUT2D eigenvalue weighted by atomic mass is 16.2. The molecular formula is C19H25N7O2. The van der Waals surface area contributed by atoms with E-state index in [1.807, 2.05) is 26.2 Å². The van der Waals surface area contributed by atoms with Crippen LogP contribution in [0.25, 0.3) is 22.2 Å². The highest BCUT2D eigenvalue weighted by molar-refractivity contribution is 5.99. The van der Waals surface area contributed by atoms with E-state index in [1.165, 1.54) is 0 Å². The summed E-state index contributed by atoms with van der Waals surface area (Å²) in [5.41, 5.74) is 7.78. The molecule has 3 aromatic rings. The first-order chi connectivity index (χ1) is 13.3. The molecule has 0 aromatic carbocycles. The third-order valence-electron chi connectivity index (χ3n) is 5.66. The fourth-order valence-corrected chi connectivity index (χ4v) is 3.71. The summed E-state index contributed by atoms with van der Waals surface area (Å²) in [6.45, 7) is 6.83. The van der Waals surface area contributed by atoms with Crippen LogP contribution in [0.5, 0.6) is 0 Å². The van der Waals surface area contributed by atoms with Gasteiger partial charge in [0.2, 0.25) is 5.91 Å². The third kappa shape index (κ3) is 2.69. The zero-order chi connectivity index (χ0) is 20.2. The number of nitrogens with two attached hydrogens (primary N) is 1. The molecule has 148 valence electrons. The molecule has 1 amide bonds. The molecule has 0 saturated carbocycles. The second kappa shape index (κ2) is 6.50. The van der Waals surface area contributed by atoms with Crippen molar-refractivity contribution in [3.05, 3.63) is 22.6 Å². The Hall–Kier alpha value is -3.10. The molecule has 3 N–H and O–H groups in total. The number of carbonyl (C=O) groups is 1. The number of pyridine rings is 1. The van der Waals surface area contributed by atoms with Gasteiger partial charge in [-0.1, -0.05) is 13.8 Å². The summed E-state index contributed by atoms with van der Waals surface area (Å²) < 4.78 is 3.40. The Morgan fingerprint density at radius 3 is 2.64 bits per heavy atom. The molecule has 4 rings (SSSR count). The van der Waals surface area contributed by atoms with Crippen LogP contribution in [-0.4, -0.2) is 37.0 Å². The normalized spacial score (nSPS) is 15.9. The van der Waals surface area contributed by atoms with Gasteiger partial charge in [0, 0.05) is 43.9 Å². The van der Waals surface area contributed by atoms with Gasteiger partial charge in [-0.3, -0.25) is 24.3 Å². The van der Waals surface area contributed by atoms with Crippen LogP contribution in [0.4, 0.5) is 11.6 Å². The average Bonchev–Trinajstić information content (AvgIpc) is 3.34. The maximum atomic E-state index is 13.0. The number of H-pyrrole nitrogens is 1. The largest absolute Gasteiger partial charge is 0.382 e. The van der Waals surface area contributed by atoms with Crippen LogP contribution in [0.2, 0.25) is 0 Å². The lowest BCUT2D eigenvalue weighted by molar-refractivity contribution is -0.117. The van der Waals surface area contributed by atoms with E-state index < -0.39 is 0 Å². The maximum absolute atomic E-state index is 13.0. The third-order valence-corrected chi connectivity index (χ3v) is 5.66. The fourth-order valence-electron chi connectivity index (χ4n) is 3.71. The Bertz CT molecular complexity index is 1120. The number of aromatic nitrogens is 5. The Kier molecular flexibility index (Phi) is 4.24. The highest BCUT2D eigenvalue weighted by Crippen LogP contribution is 2.32. The van der Waals surface area contributed by atoms with E-state index in [4.69, 9.17) is 5.73 Å². The molecular weight excluding hydrogens is 358 g/mol. The molecule has 28 heavy (non-hydrogen) atoms. The monoisotopic (exact) mass is 383 g/mol. The summed E-state index contributed by atoms with van der Waals surface area (Å²) in [7, 11) is 1.82. The van der Waals surface area contributed by atoms with Crippen LogP contribution in [0.3, 0.4) is 0 Å².